The molecular formula is C13H16BrNO3. The molecule has 0 atom stereocenters. The molecule has 1 amide bonds. The molecule has 5 heteroatoms. The minimum absolute atomic E-state index is 0.0300. The molecule has 0 aliphatic carbocycles. The van der Waals surface area contributed by atoms with Gasteiger partial charge in [-0.1, -0.05) is 15.9 Å². The summed E-state index contributed by atoms with van der Waals surface area (Å²) in [6.07, 6.45) is 1.56. The van der Waals surface area contributed by atoms with E-state index >= 15 is 0 Å². The lowest BCUT2D eigenvalue weighted by Crippen LogP contribution is -2.28. The van der Waals surface area contributed by atoms with Crippen LogP contribution in [0.3, 0.4) is 0 Å². The molecule has 0 unspecified atom stereocenters. The summed E-state index contributed by atoms with van der Waals surface area (Å²) < 4.78 is 11.4. The van der Waals surface area contributed by atoms with Crippen LogP contribution in [0.2, 0.25) is 0 Å². The number of hydrogen-bond donors (Lipinski definition) is 1. The summed E-state index contributed by atoms with van der Waals surface area (Å²) in [5.74, 6) is 0.732. The average molecular weight is 314 g/mol. The highest BCUT2D eigenvalue weighted by Gasteiger charge is 2.22. The predicted octanol–water partition coefficient (Wildman–Crippen LogP) is 2.82. The molecule has 0 radical (unpaired) electrons. The van der Waals surface area contributed by atoms with Crippen molar-refractivity contribution >= 4 is 27.5 Å². The van der Waals surface area contributed by atoms with Gasteiger partial charge in [-0.05, 0) is 31.0 Å². The van der Waals surface area contributed by atoms with Gasteiger partial charge in [0.05, 0.1) is 12.8 Å². The van der Waals surface area contributed by atoms with Crippen molar-refractivity contribution in [2.24, 2.45) is 5.92 Å². The highest BCUT2D eigenvalue weighted by atomic mass is 79.9. The number of hydrogen-bond acceptors (Lipinski definition) is 3. The molecule has 0 saturated carbocycles. The highest BCUT2D eigenvalue weighted by molar-refractivity contribution is 9.10. The van der Waals surface area contributed by atoms with Crippen LogP contribution in [0.5, 0.6) is 5.75 Å². The fourth-order valence-corrected chi connectivity index (χ4v) is 2.33. The molecule has 0 bridgehead atoms. The van der Waals surface area contributed by atoms with Gasteiger partial charge in [0, 0.05) is 23.6 Å². The van der Waals surface area contributed by atoms with Gasteiger partial charge in [0.2, 0.25) is 5.91 Å². The standard InChI is InChI=1S/C13H16BrNO3/c1-17-12-3-2-10(14)8-11(12)15-13(16)9-4-6-18-7-5-9/h2-3,8-9H,4-7H2,1H3,(H,15,16). The Morgan fingerprint density at radius 2 is 2.17 bits per heavy atom. The minimum Gasteiger partial charge on any atom is -0.495 e. The Hall–Kier alpha value is -1.07. The number of methoxy groups -OCH3 is 1. The van der Waals surface area contributed by atoms with Gasteiger partial charge >= 0.3 is 0 Å². The number of anilines is 1. The van der Waals surface area contributed by atoms with E-state index in [-0.39, 0.29) is 11.8 Å². The number of benzene rings is 1. The molecule has 18 heavy (non-hydrogen) atoms. The SMILES string of the molecule is COc1ccc(Br)cc1NC(=O)C1CCOCC1. The zero-order valence-electron chi connectivity index (χ0n) is 10.2. The lowest BCUT2D eigenvalue weighted by molar-refractivity contribution is -0.122. The second-order valence-corrected chi connectivity index (χ2v) is 5.14. The smallest absolute Gasteiger partial charge is 0.227 e. The van der Waals surface area contributed by atoms with Crippen molar-refractivity contribution in [2.45, 2.75) is 12.8 Å². The van der Waals surface area contributed by atoms with E-state index < -0.39 is 0 Å². The van der Waals surface area contributed by atoms with Gasteiger partial charge in [0.15, 0.2) is 0 Å². The monoisotopic (exact) mass is 313 g/mol. The second kappa shape index (κ2) is 6.20. The third-order valence-electron chi connectivity index (χ3n) is 3.01. The Bertz CT molecular complexity index is 430. The first-order chi connectivity index (χ1) is 8.70. The number of carbonyl (C=O) groups excluding carboxylic acids is 1. The Morgan fingerprint density at radius 1 is 1.44 bits per heavy atom. The van der Waals surface area contributed by atoms with Crippen LogP contribution in [0.1, 0.15) is 12.8 Å². The van der Waals surface area contributed by atoms with Gasteiger partial charge in [-0.25, -0.2) is 0 Å². The quantitative estimate of drug-likeness (QED) is 0.933. The molecule has 4 nitrogen and oxygen atoms in total. The second-order valence-electron chi connectivity index (χ2n) is 4.22. The number of amides is 1. The molecule has 1 aliphatic heterocycles. The zero-order valence-corrected chi connectivity index (χ0v) is 11.8. The summed E-state index contributed by atoms with van der Waals surface area (Å²) >= 11 is 3.38. The maximum absolute atomic E-state index is 12.1. The van der Waals surface area contributed by atoms with E-state index in [1.807, 2.05) is 18.2 Å². The molecule has 1 aromatic carbocycles. The van der Waals surface area contributed by atoms with Crippen molar-refractivity contribution in [1.29, 1.82) is 0 Å². The molecule has 0 spiro atoms. The van der Waals surface area contributed by atoms with Gasteiger partial charge in [0.25, 0.3) is 0 Å². The summed E-state index contributed by atoms with van der Waals surface area (Å²) in [5.41, 5.74) is 0.698. The Kier molecular flexibility index (Phi) is 4.60. The summed E-state index contributed by atoms with van der Waals surface area (Å²) in [4.78, 5) is 12.1. The Labute approximate surface area is 115 Å². The minimum atomic E-state index is 0.0300. The Balaban J connectivity index is 2.07. The van der Waals surface area contributed by atoms with Crippen LogP contribution in [-0.2, 0) is 9.53 Å². The van der Waals surface area contributed by atoms with E-state index in [1.54, 1.807) is 7.11 Å². The van der Waals surface area contributed by atoms with Crippen LogP contribution in [0.4, 0.5) is 5.69 Å². The van der Waals surface area contributed by atoms with E-state index in [0.29, 0.717) is 24.7 Å². The van der Waals surface area contributed by atoms with Crippen molar-refractivity contribution in [2.75, 3.05) is 25.6 Å². The molecular weight excluding hydrogens is 298 g/mol. The fourth-order valence-electron chi connectivity index (χ4n) is 1.97. The van der Waals surface area contributed by atoms with Gasteiger partial charge in [-0.3, -0.25) is 4.79 Å². The Morgan fingerprint density at radius 3 is 2.83 bits per heavy atom. The first kappa shape index (κ1) is 13.4. The van der Waals surface area contributed by atoms with Gasteiger partial charge in [0.1, 0.15) is 5.75 Å². The number of carbonyl (C=O) groups is 1. The van der Waals surface area contributed by atoms with Crippen molar-refractivity contribution in [3.63, 3.8) is 0 Å². The molecule has 1 fully saturated rings. The summed E-state index contributed by atoms with van der Waals surface area (Å²) in [5, 5.41) is 2.92. The number of ether oxygens (including phenoxy) is 2. The molecule has 1 aliphatic rings. The molecule has 1 heterocycles. The van der Waals surface area contributed by atoms with Crippen molar-refractivity contribution in [1.82, 2.24) is 0 Å². The number of rotatable bonds is 3. The van der Waals surface area contributed by atoms with Crippen molar-refractivity contribution in [3.05, 3.63) is 22.7 Å². The van der Waals surface area contributed by atoms with Crippen LogP contribution in [0.15, 0.2) is 22.7 Å². The molecule has 1 saturated heterocycles. The van der Waals surface area contributed by atoms with Gasteiger partial charge < -0.3 is 14.8 Å². The van der Waals surface area contributed by atoms with E-state index in [2.05, 4.69) is 21.2 Å². The van der Waals surface area contributed by atoms with E-state index in [4.69, 9.17) is 9.47 Å². The fraction of sp³-hybridized carbons (Fsp3) is 0.462. The molecule has 1 aromatic rings. The van der Waals surface area contributed by atoms with Crippen LogP contribution in [0, 0.1) is 5.92 Å². The summed E-state index contributed by atoms with van der Waals surface area (Å²) in [6.45, 7) is 1.32. The average Bonchev–Trinajstić information content (AvgIpc) is 2.40. The summed E-state index contributed by atoms with van der Waals surface area (Å²) in [6, 6.07) is 5.54. The number of halogens is 1. The first-order valence-corrected chi connectivity index (χ1v) is 6.72. The third kappa shape index (κ3) is 3.23. The molecule has 0 aromatic heterocycles. The van der Waals surface area contributed by atoms with Gasteiger partial charge in [-0.15, -0.1) is 0 Å². The van der Waals surface area contributed by atoms with E-state index in [0.717, 1.165) is 17.3 Å². The number of nitrogens with one attached hydrogen (secondary N) is 1. The van der Waals surface area contributed by atoms with Crippen LogP contribution in [0.25, 0.3) is 0 Å². The first-order valence-electron chi connectivity index (χ1n) is 5.93. The van der Waals surface area contributed by atoms with Crippen LogP contribution < -0.4 is 10.1 Å². The summed E-state index contributed by atoms with van der Waals surface area (Å²) in [7, 11) is 1.59. The lowest BCUT2D eigenvalue weighted by Gasteiger charge is -2.21. The van der Waals surface area contributed by atoms with Gasteiger partial charge in [-0.2, -0.15) is 0 Å². The highest BCUT2D eigenvalue weighted by Crippen LogP contribution is 2.29. The molecule has 1 N–H and O–H groups in total. The largest absolute Gasteiger partial charge is 0.495 e. The predicted molar refractivity (Wildman–Crippen MR) is 72.9 cm³/mol. The zero-order chi connectivity index (χ0) is 13.0. The van der Waals surface area contributed by atoms with E-state index in [1.165, 1.54) is 0 Å². The maximum Gasteiger partial charge on any atom is 0.227 e. The van der Waals surface area contributed by atoms with Crippen LogP contribution >= 0.6 is 15.9 Å². The normalized spacial score (nSPS) is 16.3. The van der Waals surface area contributed by atoms with Crippen molar-refractivity contribution in [3.8, 4) is 5.75 Å². The topological polar surface area (TPSA) is 47.6 Å². The van der Waals surface area contributed by atoms with Crippen LogP contribution in [-0.4, -0.2) is 26.2 Å². The lowest BCUT2D eigenvalue weighted by atomic mass is 9.99. The van der Waals surface area contributed by atoms with E-state index in [9.17, 15) is 4.79 Å². The van der Waals surface area contributed by atoms with Crippen molar-refractivity contribution < 1.29 is 14.3 Å². The maximum atomic E-state index is 12.1. The molecule has 98 valence electrons. The third-order valence-corrected chi connectivity index (χ3v) is 3.50. The molecule has 2 rings (SSSR count).